The van der Waals surface area contributed by atoms with E-state index in [1.54, 1.807) is 23.7 Å². The van der Waals surface area contributed by atoms with E-state index in [0.717, 1.165) is 44.6 Å². The first-order valence-corrected chi connectivity index (χ1v) is 11.5. The standard InChI is InChI=1S/C24H20N8S/c1-13(2)28-15-8-14(10-25-11-15)18-9-17-19(12-27-18)31-32-22(17)24-29-21-16(20-4-3-7-33-20)5-6-26-23(21)30-24/h3-13,28H,1-2H3,(H,31,32)(H,26,29,30). The van der Waals surface area contributed by atoms with Crippen molar-refractivity contribution in [2.24, 2.45) is 0 Å². The van der Waals surface area contributed by atoms with Gasteiger partial charge in [0.15, 0.2) is 11.5 Å². The second-order valence-electron chi connectivity index (χ2n) is 8.07. The first kappa shape index (κ1) is 19.6. The molecule has 162 valence electrons. The molecule has 0 bridgehead atoms. The average molecular weight is 453 g/mol. The minimum absolute atomic E-state index is 0.318. The van der Waals surface area contributed by atoms with Crippen LogP contribution in [0, 0.1) is 0 Å². The van der Waals surface area contributed by atoms with Crippen LogP contribution in [0.4, 0.5) is 5.69 Å². The lowest BCUT2D eigenvalue weighted by Crippen LogP contribution is -2.09. The zero-order valence-electron chi connectivity index (χ0n) is 18.0. The van der Waals surface area contributed by atoms with E-state index < -0.39 is 0 Å². The number of rotatable bonds is 5. The molecule has 0 atom stereocenters. The Kier molecular flexibility index (Phi) is 4.62. The lowest BCUT2D eigenvalue weighted by Gasteiger charge is -2.10. The van der Waals surface area contributed by atoms with Gasteiger partial charge in [0.05, 0.1) is 28.6 Å². The predicted octanol–water partition coefficient (Wildman–Crippen LogP) is 5.51. The number of nitrogens with one attached hydrogen (secondary N) is 3. The summed E-state index contributed by atoms with van der Waals surface area (Å²) >= 11 is 1.69. The Bertz CT molecular complexity index is 1580. The van der Waals surface area contributed by atoms with Crippen molar-refractivity contribution in [3.8, 4) is 33.2 Å². The van der Waals surface area contributed by atoms with E-state index in [4.69, 9.17) is 4.98 Å². The number of thiophene rings is 1. The molecule has 6 heterocycles. The van der Waals surface area contributed by atoms with Gasteiger partial charge in [-0.2, -0.15) is 5.10 Å². The molecular weight excluding hydrogens is 432 g/mol. The van der Waals surface area contributed by atoms with E-state index in [9.17, 15) is 0 Å². The molecule has 0 aliphatic carbocycles. The van der Waals surface area contributed by atoms with Crippen molar-refractivity contribution in [3.05, 3.63) is 60.5 Å². The number of H-pyrrole nitrogens is 2. The Hall–Kier alpha value is -4.11. The second kappa shape index (κ2) is 7.79. The first-order valence-electron chi connectivity index (χ1n) is 10.6. The Morgan fingerprint density at radius 3 is 2.85 bits per heavy atom. The van der Waals surface area contributed by atoms with Crippen molar-refractivity contribution in [1.82, 2.24) is 35.1 Å². The number of fused-ring (bicyclic) bond motifs is 2. The zero-order valence-corrected chi connectivity index (χ0v) is 18.8. The van der Waals surface area contributed by atoms with Crippen molar-refractivity contribution in [2.75, 3.05) is 5.32 Å². The van der Waals surface area contributed by atoms with Gasteiger partial charge in [-0.15, -0.1) is 11.3 Å². The van der Waals surface area contributed by atoms with Gasteiger partial charge in [-0.05, 0) is 43.5 Å². The van der Waals surface area contributed by atoms with Gasteiger partial charge in [-0.3, -0.25) is 15.1 Å². The normalized spacial score (nSPS) is 11.6. The molecule has 0 saturated heterocycles. The summed E-state index contributed by atoms with van der Waals surface area (Å²) in [7, 11) is 0. The number of pyridine rings is 3. The molecule has 6 aromatic heterocycles. The SMILES string of the molecule is CC(C)Nc1cncc(-c2cc3c(-c4nc5nccc(-c6cccs6)c5[nH]4)n[nH]c3cn2)c1. The summed E-state index contributed by atoms with van der Waals surface area (Å²) in [4.78, 5) is 22.8. The summed E-state index contributed by atoms with van der Waals surface area (Å²) in [5, 5.41) is 14.0. The van der Waals surface area contributed by atoms with Crippen LogP contribution < -0.4 is 5.32 Å². The third-order valence-corrected chi connectivity index (χ3v) is 6.24. The number of anilines is 1. The highest BCUT2D eigenvalue weighted by atomic mass is 32.1. The van der Waals surface area contributed by atoms with Gasteiger partial charge in [0, 0.05) is 46.0 Å². The highest BCUT2D eigenvalue weighted by Crippen LogP contribution is 2.33. The molecule has 0 aliphatic heterocycles. The third-order valence-electron chi connectivity index (χ3n) is 5.34. The lowest BCUT2D eigenvalue weighted by molar-refractivity contribution is 0.898. The van der Waals surface area contributed by atoms with Gasteiger partial charge < -0.3 is 10.3 Å². The number of imidazole rings is 1. The predicted molar refractivity (Wildman–Crippen MR) is 132 cm³/mol. The van der Waals surface area contributed by atoms with Gasteiger partial charge in [0.2, 0.25) is 0 Å². The van der Waals surface area contributed by atoms with Crippen LogP contribution in [0.15, 0.2) is 60.5 Å². The van der Waals surface area contributed by atoms with E-state index >= 15 is 0 Å². The average Bonchev–Trinajstić information content (AvgIpc) is 3.57. The molecule has 0 fully saturated rings. The molecule has 0 aromatic carbocycles. The fraction of sp³-hybridized carbons (Fsp3) is 0.125. The summed E-state index contributed by atoms with van der Waals surface area (Å²) in [6, 6.07) is 10.5. The van der Waals surface area contributed by atoms with Gasteiger partial charge >= 0.3 is 0 Å². The number of aromatic nitrogens is 7. The Labute approximate surface area is 193 Å². The maximum atomic E-state index is 4.74. The first-order chi connectivity index (χ1) is 16.2. The Balaban J connectivity index is 1.45. The number of aromatic amines is 2. The summed E-state index contributed by atoms with van der Waals surface area (Å²) < 4.78 is 0. The fourth-order valence-corrected chi connectivity index (χ4v) is 4.67. The molecular formula is C24H20N8S. The molecule has 0 saturated carbocycles. The van der Waals surface area contributed by atoms with Crippen LogP contribution in [0.2, 0.25) is 0 Å². The lowest BCUT2D eigenvalue weighted by atomic mass is 10.1. The van der Waals surface area contributed by atoms with E-state index in [1.165, 1.54) is 4.88 Å². The third kappa shape index (κ3) is 3.52. The molecule has 0 amide bonds. The maximum absolute atomic E-state index is 4.74. The van der Waals surface area contributed by atoms with Gasteiger partial charge in [0.25, 0.3) is 0 Å². The van der Waals surface area contributed by atoms with Crippen molar-refractivity contribution in [3.63, 3.8) is 0 Å². The highest BCUT2D eigenvalue weighted by molar-refractivity contribution is 7.13. The fourth-order valence-electron chi connectivity index (χ4n) is 3.91. The summed E-state index contributed by atoms with van der Waals surface area (Å²) in [5.74, 6) is 0.665. The quantitative estimate of drug-likeness (QED) is 0.318. The minimum Gasteiger partial charge on any atom is -0.382 e. The van der Waals surface area contributed by atoms with Gasteiger partial charge in [0.1, 0.15) is 5.69 Å². The minimum atomic E-state index is 0.318. The van der Waals surface area contributed by atoms with Gasteiger partial charge in [-0.25, -0.2) is 9.97 Å². The Morgan fingerprint density at radius 2 is 2.00 bits per heavy atom. The van der Waals surface area contributed by atoms with Crippen LogP contribution in [-0.2, 0) is 0 Å². The molecule has 6 rings (SSSR count). The van der Waals surface area contributed by atoms with E-state index in [0.29, 0.717) is 17.5 Å². The molecule has 8 nitrogen and oxygen atoms in total. The van der Waals surface area contributed by atoms with Crippen molar-refractivity contribution in [1.29, 1.82) is 0 Å². The van der Waals surface area contributed by atoms with E-state index in [1.807, 2.05) is 30.6 Å². The van der Waals surface area contributed by atoms with Crippen LogP contribution >= 0.6 is 11.3 Å². The maximum Gasteiger partial charge on any atom is 0.178 e. The van der Waals surface area contributed by atoms with Crippen molar-refractivity contribution >= 4 is 39.1 Å². The van der Waals surface area contributed by atoms with Crippen LogP contribution in [-0.4, -0.2) is 41.2 Å². The molecule has 0 unspecified atom stereocenters. The molecule has 33 heavy (non-hydrogen) atoms. The molecule has 0 radical (unpaired) electrons. The number of nitrogens with zero attached hydrogens (tertiary/aromatic N) is 5. The number of hydrogen-bond acceptors (Lipinski definition) is 7. The van der Waals surface area contributed by atoms with Crippen molar-refractivity contribution in [2.45, 2.75) is 19.9 Å². The Morgan fingerprint density at radius 1 is 1.06 bits per heavy atom. The summed E-state index contributed by atoms with van der Waals surface area (Å²) in [5.41, 5.74) is 6.92. The molecule has 0 aliphatic rings. The van der Waals surface area contributed by atoms with E-state index in [2.05, 4.69) is 66.8 Å². The smallest absolute Gasteiger partial charge is 0.178 e. The van der Waals surface area contributed by atoms with Crippen molar-refractivity contribution < 1.29 is 0 Å². The second-order valence-corrected chi connectivity index (χ2v) is 9.02. The van der Waals surface area contributed by atoms with E-state index in [-0.39, 0.29) is 0 Å². The number of hydrogen-bond donors (Lipinski definition) is 3. The molecule has 9 heteroatoms. The molecule has 0 spiro atoms. The zero-order chi connectivity index (χ0) is 22.4. The highest BCUT2D eigenvalue weighted by Gasteiger charge is 2.17. The summed E-state index contributed by atoms with van der Waals surface area (Å²) in [6.07, 6.45) is 7.22. The topological polar surface area (TPSA) is 108 Å². The molecule has 6 aromatic rings. The monoisotopic (exact) mass is 452 g/mol. The van der Waals surface area contributed by atoms with Crippen LogP contribution in [0.3, 0.4) is 0 Å². The van der Waals surface area contributed by atoms with Gasteiger partial charge in [-0.1, -0.05) is 6.07 Å². The van der Waals surface area contributed by atoms with Crippen LogP contribution in [0.25, 0.3) is 55.3 Å². The molecule has 3 N–H and O–H groups in total. The largest absolute Gasteiger partial charge is 0.382 e. The van der Waals surface area contributed by atoms with Crippen LogP contribution in [0.1, 0.15) is 13.8 Å². The van der Waals surface area contributed by atoms with Crippen LogP contribution in [0.5, 0.6) is 0 Å². The summed E-state index contributed by atoms with van der Waals surface area (Å²) in [6.45, 7) is 4.20.